The lowest BCUT2D eigenvalue weighted by molar-refractivity contribution is 0.0939. The summed E-state index contributed by atoms with van der Waals surface area (Å²) in [7, 11) is 0. The molecule has 0 bridgehead atoms. The van der Waals surface area contributed by atoms with Crippen LogP contribution in [0.1, 0.15) is 21.6 Å². The van der Waals surface area contributed by atoms with Crippen LogP contribution in [0.3, 0.4) is 0 Å². The SMILES string of the molecule is O=C(NCC(CO)Cc1ccccn1)c1ccc2c(c1)CCO2. The summed E-state index contributed by atoms with van der Waals surface area (Å²) in [4.78, 5) is 16.5. The van der Waals surface area contributed by atoms with Gasteiger partial charge in [0.1, 0.15) is 5.75 Å². The van der Waals surface area contributed by atoms with Gasteiger partial charge < -0.3 is 15.2 Å². The summed E-state index contributed by atoms with van der Waals surface area (Å²) in [6, 6.07) is 11.2. The van der Waals surface area contributed by atoms with Crippen LogP contribution in [0.2, 0.25) is 0 Å². The summed E-state index contributed by atoms with van der Waals surface area (Å²) in [6.07, 6.45) is 3.21. The smallest absolute Gasteiger partial charge is 0.251 e. The van der Waals surface area contributed by atoms with Crippen LogP contribution >= 0.6 is 0 Å². The molecule has 3 rings (SSSR count). The van der Waals surface area contributed by atoms with Crippen molar-refractivity contribution in [1.82, 2.24) is 10.3 Å². The number of aromatic nitrogens is 1. The van der Waals surface area contributed by atoms with Crippen molar-refractivity contribution in [3.8, 4) is 5.75 Å². The van der Waals surface area contributed by atoms with Gasteiger partial charge in [-0.15, -0.1) is 0 Å². The van der Waals surface area contributed by atoms with Crippen molar-refractivity contribution in [2.24, 2.45) is 5.92 Å². The number of benzene rings is 1. The molecule has 1 atom stereocenters. The zero-order chi connectivity index (χ0) is 16.1. The molecular formula is C18H20N2O3. The molecule has 5 nitrogen and oxygen atoms in total. The normalized spacial score (nSPS) is 14.0. The van der Waals surface area contributed by atoms with Crippen LogP contribution in [-0.2, 0) is 12.8 Å². The van der Waals surface area contributed by atoms with Gasteiger partial charge in [-0.05, 0) is 42.3 Å². The van der Waals surface area contributed by atoms with E-state index in [-0.39, 0.29) is 18.4 Å². The van der Waals surface area contributed by atoms with Crippen LogP contribution in [0.5, 0.6) is 5.75 Å². The number of rotatable bonds is 6. The molecule has 1 unspecified atom stereocenters. The van der Waals surface area contributed by atoms with Gasteiger partial charge in [-0.2, -0.15) is 0 Å². The molecule has 2 aromatic rings. The third kappa shape index (κ3) is 3.87. The van der Waals surface area contributed by atoms with E-state index in [1.807, 2.05) is 30.3 Å². The van der Waals surface area contributed by atoms with E-state index in [2.05, 4.69) is 10.3 Å². The molecule has 120 valence electrons. The molecule has 0 radical (unpaired) electrons. The molecule has 0 aliphatic carbocycles. The zero-order valence-corrected chi connectivity index (χ0v) is 12.9. The van der Waals surface area contributed by atoms with Crippen LogP contribution < -0.4 is 10.1 Å². The van der Waals surface area contributed by atoms with E-state index < -0.39 is 0 Å². The van der Waals surface area contributed by atoms with E-state index >= 15 is 0 Å². The van der Waals surface area contributed by atoms with Crippen molar-refractivity contribution >= 4 is 5.91 Å². The van der Waals surface area contributed by atoms with E-state index in [4.69, 9.17) is 4.74 Å². The van der Waals surface area contributed by atoms with Crippen molar-refractivity contribution in [2.45, 2.75) is 12.8 Å². The first-order chi connectivity index (χ1) is 11.3. The minimum atomic E-state index is -0.126. The summed E-state index contributed by atoms with van der Waals surface area (Å²) in [5.74, 6) is 0.690. The summed E-state index contributed by atoms with van der Waals surface area (Å²) >= 11 is 0. The molecule has 1 amide bonds. The van der Waals surface area contributed by atoms with Crippen LogP contribution in [0.25, 0.3) is 0 Å². The van der Waals surface area contributed by atoms with Crippen molar-refractivity contribution in [1.29, 1.82) is 0 Å². The lowest BCUT2D eigenvalue weighted by Gasteiger charge is -2.15. The zero-order valence-electron chi connectivity index (χ0n) is 12.9. The first-order valence-corrected chi connectivity index (χ1v) is 7.81. The Bertz CT molecular complexity index is 673. The van der Waals surface area contributed by atoms with Crippen LogP contribution in [0.4, 0.5) is 0 Å². The maximum absolute atomic E-state index is 12.3. The summed E-state index contributed by atoms with van der Waals surface area (Å²) in [6.45, 7) is 1.10. The average Bonchev–Trinajstić information content (AvgIpc) is 3.06. The van der Waals surface area contributed by atoms with Gasteiger partial charge in [-0.3, -0.25) is 9.78 Å². The Morgan fingerprint density at radius 1 is 1.35 bits per heavy atom. The number of carbonyl (C=O) groups excluding carboxylic acids is 1. The Morgan fingerprint density at radius 3 is 3.04 bits per heavy atom. The molecule has 0 fully saturated rings. The van der Waals surface area contributed by atoms with E-state index in [1.54, 1.807) is 12.3 Å². The number of hydrogen-bond donors (Lipinski definition) is 2. The fraction of sp³-hybridized carbons (Fsp3) is 0.333. The Labute approximate surface area is 135 Å². The average molecular weight is 312 g/mol. The fourth-order valence-corrected chi connectivity index (χ4v) is 2.68. The third-order valence-electron chi connectivity index (χ3n) is 3.99. The van der Waals surface area contributed by atoms with Crippen molar-refractivity contribution < 1.29 is 14.6 Å². The number of nitrogens with zero attached hydrogens (tertiary/aromatic N) is 1. The molecule has 1 aliphatic rings. The van der Waals surface area contributed by atoms with Crippen LogP contribution in [0.15, 0.2) is 42.6 Å². The molecular weight excluding hydrogens is 292 g/mol. The van der Waals surface area contributed by atoms with Crippen molar-refractivity contribution in [2.75, 3.05) is 19.8 Å². The number of carbonyl (C=O) groups is 1. The molecule has 0 saturated carbocycles. The number of hydrogen-bond acceptors (Lipinski definition) is 4. The highest BCUT2D eigenvalue weighted by atomic mass is 16.5. The lowest BCUT2D eigenvalue weighted by atomic mass is 10.0. The maximum Gasteiger partial charge on any atom is 0.251 e. The highest BCUT2D eigenvalue weighted by Crippen LogP contribution is 2.25. The van der Waals surface area contributed by atoms with E-state index in [9.17, 15) is 9.90 Å². The number of ether oxygens (including phenoxy) is 1. The standard InChI is InChI=1S/C18H20N2O3/c21-12-13(9-16-3-1-2-7-19-16)11-20-18(22)15-4-5-17-14(10-15)6-8-23-17/h1-5,7,10,13,21H,6,8-9,11-12H2,(H,20,22). The van der Waals surface area contributed by atoms with Gasteiger partial charge in [0, 0.05) is 42.9 Å². The molecule has 0 spiro atoms. The Balaban J connectivity index is 1.57. The topological polar surface area (TPSA) is 71.5 Å². The number of aliphatic hydroxyl groups is 1. The molecule has 23 heavy (non-hydrogen) atoms. The highest BCUT2D eigenvalue weighted by molar-refractivity contribution is 5.94. The molecule has 0 saturated heterocycles. The Morgan fingerprint density at radius 2 is 2.26 bits per heavy atom. The Kier molecular flexibility index (Phi) is 4.88. The highest BCUT2D eigenvalue weighted by Gasteiger charge is 2.16. The van der Waals surface area contributed by atoms with Gasteiger partial charge in [0.25, 0.3) is 5.91 Å². The number of fused-ring (bicyclic) bond motifs is 1. The largest absolute Gasteiger partial charge is 0.493 e. The monoisotopic (exact) mass is 312 g/mol. The fourth-order valence-electron chi connectivity index (χ4n) is 2.68. The number of aliphatic hydroxyl groups excluding tert-OH is 1. The molecule has 2 heterocycles. The molecule has 2 N–H and O–H groups in total. The van der Waals surface area contributed by atoms with Crippen LogP contribution in [-0.4, -0.2) is 35.8 Å². The van der Waals surface area contributed by atoms with E-state index in [0.29, 0.717) is 25.1 Å². The van der Waals surface area contributed by atoms with Gasteiger partial charge in [0.15, 0.2) is 0 Å². The summed E-state index contributed by atoms with van der Waals surface area (Å²) in [5.41, 5.74) is 2.61. The number of amides is 1. The minimum Gasteiger partial charge on any atom is -0.493 e. The quantitative estimate of drug-likeness (QED) is 0.850. The van der Waals surface area contributed by atoms with Gasteiger partial charge in [-0.25, -0.2) is 0 Å². The van der Waals surface area contributed by atoms with Crippen molar-refractivity contribution in [3.63, 3.8) is 0 Å². The van der Waals surface area contributed by atoms with Gasteiger partial charge >= 0.3 is 0 Å². The molecule has 1 aromatic heterocycles. The third-order valence-corrected chi connectivity index (χ3v) is 3.99. The second kappa shape index (κ2) is 7.24. The second-order valence-corrected chi connectivity index (χ2v) is 5.70. The predicted molar refractivity (Wildman–Crippen MR) is 86.5 cm³/mol. The predicted octanol–water partition coefficient (Wildman–Crippen LogP) is 1.60. The summed E-state index contributed by atoms with van der Waals surface area (Å²) < 4.78 is 5.44. The van der Waals surface area contributed by atoms with E-state index in [1.165, 1.54) is 0 Å². The van der Waals surface area contributed by atoms with Crippen molar-refractivity contribution in [3.05, 3.63) is 59.4 Å². The second-order valence-electron chi connectivity index (χ2n) is 5.70. The van der Waals surface area contributed by atoms with Gasteiger partial charge in [-0.1, -0.05) is 6.07 Å². The minimum absolute atomic E-state index is 0.00881. The first kappa shape index (κ1) is 15.5. The first-order valence-electron chi connectivity index (χ1n) is 7.81. The van der Waals surface area contributed by atoms with Gasteiger partial charge in [0.2, 0.25) is 0 Å². The number of nitrogens with one attached hydrogen (secondary N) is 1. The maximum atomic E-state index is 12.3. The van der Waals surface area contributed by atoms with Gasteiger partial charge in [0.05, 0.1) is 6.61 Å². The summed E-state index contributed by atoms with van der Waals surface area (Å²) in [5, 5.41) is 12.4. The molecule has 1 aromatic carbocycles. The molecule has 1 aliphatic heterocycles. The Hall–Kier alpha value is -2.40. The number of pyridine rings is 1. The lowest BCUT2D eigenvalue weighted by Crippen LogP contribution is -2.32. The van der Waals surface area contributed by atoms with Crippen LogP contribution in [0, 0.1) is 5.92 Å². The molecule has 5 heteroatoms. The van der Waals surface area contributed by atoms with E-state index in [0.717, 1.165) is 23.4 Å².